The molecule has 0 aliphatic rings. The van der Waals surface area contributed by atoms with E-state index < -0.39 is 28.5 Å². The lowest BCUT2D eigenvalue weighted by Crippen LogP contribution is -2.49. The first kappa shape index (κ1) is 21.8. The van der Waals surface area contributed by atoms with Gasteiger partial charge in [0.15, 0.2) is 0 Å². The van der Waals surface area contributed by atoms with Crippen molar-refractivity contribution in [1.29, 1.82) is 5.26 Å². The van der Waals surface area contributed by atoms with Crippen LogP contribution in [-0.2, 0) is 10.8 Å². The van der Waals surface area contributed by atoms with Crippen molar-refractivity contribution in [3.63, 3.8) is 0 Å². The van der Waals surface area contributed by atoms with Crippen molar-refractivity contribution >= 4 is 12.9 Å². The monoisotopic (exact) mass is 390 g/mol. The van der Waals surface area contributed by atoms with Crippen LogP contribution in [0.15, 0.2) is 42.5 Å². The molecule has 0 unspecified atom stereocenters. The molecule has 2 rings (SSSR count). The van der Waals surface area contributed by atoms with Crippen LogP contribution in [0.4, 0.5) is 13.2 Å². The van der Waals surface area contributed by atoms with E-state index in [9.17, 15) is 18.3 Å². The Labute approximate surface area is 162 Å². The van der Waals surface area contributed by atoms with Crippen molar-refractivity contribution in [3.8, 4) is 17.6 Å². The number of alkyl halides is 3. The predicted molar refractivity (Wildman–Crippen MR) is 99.5 cm³/mol. The summed E-state index contributed by atoms with van der Waals surface area (Å²) in [5, 5.41) is 18.9. The summed E-state index contributed by atoms with van der Waals surface area (Å²) < 4.78 is 50.2. The highest BCUT2D eigenvalue weighted by molar-refractivity contribution is 6.47. The van der Waals surface area contributed by atoms with Crippen molar-refractivity contribution < 1.29 is 27.7 Å². The Bertz CT molecular complexity index is 866. The normalized spacial score (nSPS) is 12.4. The minimum atomic E-state index is -4.64. The molecule has 0 saturated heterocycles. The number of halogens is 3. The fourth-order valence-electron chi connectivity index (χ4n) is 2.03. The fourth-order valence-corrected chi connectivity index (χ4v) is 2.03. The van der Waals surface area contributed by atoms with Gasteiger partial charge in [0, 0.05) is 0 Å². The van der Waals surface area contributed by atoms with Crippen LogP contribution < -0.4 is 10.2 Å². The second kappa shape index (κ2) is 7.86. The number of nitrogens with zero attached hydrogens (tertiary/aromatic N) is 1. The van der Waals surface area contributed by atoms with Gasteiger partial charge in [0.05, 0.1) is 28.4 Å². The summed E-state index contributed by atoms with van der Waals surface area (Å²) in [6, 6.07) is 11.2. The van der Waals surface area contributed by atoms with Gasteiger partial charge in [0.2, 0.25) is 0 Å². The van der Waals surface area contributed by atoms with Gasteiger partial charge in [-0.1, -0.05) is 17.6 Å². The van der Waals surface area contributed by atoms with Gasteiger partial charge in [-0.05, 0) is 58.0 Å². The Morgan fingerprint density at radius 1 is 0.964 bits per heavy atom. The van der Waals surface area contributed by atoms with Crippen LogP contribution in [0.1, 0.15) is 38.8 Å². The van der Waals surface area contributed by atoms with Gasteiger partial charge in [0.25, 0.3) is 0 Å². The van der Waals surface area contributed by atoms with Gasteiger partial charge in [-0.25, -0.2) is 0 Å². The molecule has 8 heteroatoms. The molecule has 4 nitrogen and oxygen atoms in total. The standard InChI is InChI=1S/C20H20BF3NO3/c1-18(2,26)19(3,4)28-21-14-6-9-15(10-7-14)27-16-8-5-13(12-25)17(11-16)20(22,23)24/h5-11,26H,1-4H3. The van der Waals surface area contributed by atoms with Crippen molar-refractivity contribution in [2.45, 2.75) is 45.1 Å². The summed E-state index contributed by atoms with van der Waals surface area (Å²) in [4.78, 5) is 0. The summed E-state index contributed by atoms with van der Waals surface area (Å²) >= 11 is 0. The summed E-state index contributed by atoms with van der Waals surface area (Å²) in [6.07, 6.45) is -4.64. The van der Waals surface area contributed by atoms with Gasteiger partial charge >= 0.3 is 13.7 Å². The van der Waals surface area contributed by atoms with E-state index in [1.807, 2.05) is 0 Å². The summed E-state index contributed by atoms with van der Waals surface area (Å²) in [5.41, 5.74) is -2.69. The molecule has 2 aromatic carbocycles. The van der Waals surface area contributed by atoms with Crippen LogP contribution in [0.5, 0.6) is 11.5 Å². The van der Waals surface area contributed by atoms with Gasteiger partial charge < -0.3 is 14.5 Å². The zero-order valence-electron chi connectivity index (χ0n) is 16.0. The third-order valence-corrected chi connectivity index (χ3v) is 4.50. The lowest BCUT2D eigenvalue weighted by Gasteiger charge is -2.37. The molecule has 0 amide bonds. The zero-order valence-corrected chi connectivity index (χ0v) is 16.0. The summed E-state index contributed by atoms with van der Waals surface area (Å²) in [6.45, 7) is 6.80. The van der Waals surface area contributed by atoms with Crippen molar-refractivity contribution in [2.24, 2.45) is 0 Å². The van der Waals surface area contributed by atoms with Crippen molar-refractivity contribution in [1.82, 2.24) is 0 Å². The van der Waals surface area contributed by atoms with E-state index in [1.165, 1.54) is 19.6 Å². The maximum atomic E-state index is 13.0. The molecule has 1 N–H and O–H groups in total. The number of rotatable bonds is 6. The lowest BCUT2D eigenvalue weighted by molar-refractivity contribution is -0.137. The maximum Gasteiger partial charge on any atom is 0.417 e. The quantitative estimate of drug-likeness (QED) is 0.752. The minimum Gasteiger partial charge on any atom is -0.457 e. The molecule has 0 fully saturated rings. The van der Waals surface area contributed by atoms with E-state index in [1.54, 1.807) is 52.0 Å². The molecule has 0 bridgehead atoms. The first-order valence-corrected chi connectivity index (χ1v) is 8.46. The first-order valence-electron chi connectivity index (χ1n) is 8.46. The molecule has 0 aliphatic heterocycles. The third-order valence-electron chi connectivity index (χ3n) is 4.50. The second-order valence-electron chi connectivity index (χ2n) is 7.29. The smallest absolute Gasteiger partial charge is 0.417 e. The first-order chi connectivity index (χ1) is 12.8. The third kappa shape index (κ3) is 5.28. The van der Waals surface area contributed by atoms with Gasteiger partial charge in [-0.15, -0.1) is 0 Å². The average Bonchev–Trinajstić information content (AvgIpc) is 2.59. The van der Waals surface area contributed by atoms with E-state index in [-0.39, 0.29) is 5.75 Å². The van der Waals surface area contributed by atoms with Crippen LogP contribution >= 0.6 is 0 Å². The van der Waals surface area contributed by atoms with E-state index in [2.05, 4.69) is 0 Å². The van der Waals surface area contributed by atoms with E-state index in [0.29, 0.717) is 11.2 Å². The average molecular weight is 390 g/mol. The number of hydrogen-bond donors (Lipinski definition) is 1. The molecule has 1 radical (unpaired) electrons. The molecule has 2 aromatic rings. The van der Waals surface area contributed by atoms with Crippen LogP contribution in [0.3, 0.4) is 0 Å². The largest absolute Gasteiger partial charge is 0.457 e. The van der Waals surface area contributed by atoms with Crippen LogP contribution in [0, 0.1) is 11.3 Å². The van der Waals surface area contributed by atoms with Gasteiger partial charge in [-0.2, -0.15) is 18.4 Å². The Kier molecular flexibility index (Phi) is 6.12. The Morgan fingerprint density at radius 3 is 2.04 bits per heavy atom. The fraction of sp³-hybridized carbons (Fsp3) is 0.350. The number of aliphatic hydroxyl groups is 1. The van der Waals surface area contributed by atoms with E-state index in [0.717, 1.165) is 12.1 Å². The van der Waals surface area contributed by atoms with Gasteiger partial charge in [0.1, 0.15) is 11.5 Å². The molecular formula is C20H20BF3NO3. The Balaban J connectivity index is 2.10. The Hall–Kier alpha value is -2.50. The number of ether oxygens (including phenoxy) is 1. The van der Waals surface area contributed by atoms with Crippen LogP contribution in [0.2, 0.25) is 0 Å². The molecule has 0 atom stereocenters. The number of nitriles is 1. The maximum absolute atomic E-state index is 13.0. The molecule has 0 saturated carbocycles. The summed E-state index contributed by atoms with van der Waals surface area (Å²) in [5.74, 6) is 0.305. The highest BCUT2D eigenvalue weighted by Crippen LogP contribution is 2.35. The molecule has 147 valence electrons. The minimum absolute atomic E-state index is 0.0255. The zero-order chi connectivity index (χ0) is 21.2. The molecule has 0 aliphatic carbocycles. The molecule has 28 heavy (non-hydrogen) atoms. The van der Waals surface area contributed by atoms with Crippen LogP contribution in [-0.4, -0.2) is 23.8 Å². The van der Waals surface area contributed by atoms with E-state index in [4.69, 9.17) is 14.7 Å². The molecule has 0 aromatic heterocycles. The highest BCUT2D eigenvalue weighted by atomic mass is 19.4. The van der Waals surface area contributed by atoms with Gasteiger partial charge in [-0.3, -0.25) is 0 Å². The molecule has 0 heterocycles. The topological polar surface area (TPSA) is 62.5 Å². The van der Waals surface area contributed by atoms with E-state index >= 15 is 0 Å². The second-order valence-corrected chi connectivity index (χ2v) is 7.29. The Morgan fingerprint density at radius 2 is 1.54 bits per heavy atom. The number of hydrogen-bond acceptors (Lipinski definition) is 4. The van der Waals surface area contributed by atoms with Crippen molar-refractivity contribution in [3.05, 3.63) is 53.6 Å². The van der Waals surface area contributed by atoms with Crippen molar-refractivity contribution in [2.75, 3.05) is 0 Å². The highest BCUT2D eigenvalue weighted by Gasteiger charge is 2.36. The SMILES string of the molecule is CC(C)(O)C(C)(C)O[B]c1ccc(Oc2ccc(C#N)c(C(F)(F)F)c2)cc1. The number of benzene rings is 2. The lowest BCUT2D eigenvalue weighted by atomic mass is 9.82. The van der Waals surface area contributed by atoms with Crippen LogP contribution in [0.25, 0.3) is 0 Å². The molecular weight excluding hydrogens is 370 g/mol. The predicted octanol–water partition coefficient (Wildman–Crippen LogP) is 4.18. The summed E-state index contributed by atoms with van der Waals surface area (Å²) in [7, 11) is 1.49. The molecule has 0 spiro atoms.